The van der Waals surface area contributed by atoms with Crippen LogP contribution in [0.5, 0.6) is 11.5 Å². The van der Waals surface area contributed by atoms with Crippen LogP contribution in [0.1, 0.15) is 10.4 Å². The average Bonchev–Trinajstić information content (AvgIpc) is 3.36. The number of nitrogens with one attached hydrogen (secondary N) is 1. The molecule has 1 amide bonds. The van der Waals surface area contributed by atoms with Crippen LogP contribution in [0.4, 0.5) is 6.01 Å². The van der Waals surface area contributed by atoms with Gasteiger partial charge in [0.05, 0.1) is 35.5 Å². The van der Waals surface area contributed by atoms with Gasteiger partial charge in [-0.15, -0.1) is 16.4 Å². The molecule has 0 bridgehead atoms. The molecule has 2 aromatic carbocycles. The largest absolute Gasteiger partial charge is 0.497 e. The highest BCUT2D eigenvalue weighted by molar-refractivity contribution is 7.16. The Morgan fingerprint density at radius 2 is 2.00 bits per heavy atom. The van der Waals surface area contributed by atoms with Crippen LogP contribution in [0, 0.1) is 0 Å². The van der Waals surface area contributed by atoms with E-state index in [2.05, 4.69) is 20.5 Å². The van der Waals surface area contributed by atoms with Crippen LogP contribution in [-0.2, 0) is 0 Å². The number of nitrogens with zero attached hydrogens (tertiary/aromatic N) is 3. The van der Waals surface area contributed by atoms with Gasteiger partial charge in [-0.3, -0.25) is 10.1 Å². The smallest absolute Gasteiger partial charge is 0.322 e. The summed E-state index contributed by atoms with van der Waals surface area (Å²) >= 11 is 1.47. The van der Waals surface area contributed by atoms with Crippen LogP contribution in [0.25, 0.3) is 21.7 Å². The van der Waals surface area contributed by atoms with Crippen molar-refractivity contribution < 1.29 is 18.7 Å². The second-order valence-corrected chi connectivity index (χ2v) is 6.35. The van der Waals surface area contributed by atoms with Gasteiger partial charge in [-0.1, -0.05) is 5.10 Å². The number of carbonyl (C=O) groups excluding carboxylic acids is 1. The van der Waals surface area contributed by atoms with Crippen molar-refractivity contribution in [3.05, 3.63) is 47.5 Å². The van der Waals surface area contributed by atoms with Crippen molar-refractivity contribution in [2.24, 2.45) is 0 Å². The zero-order chi connectivity index (χ0) is 18.8. The maximum atomic E-state index is 12.4. The monoisotopic (exact) mass is 382 g/mol. The van der Waals surface area contributed by atoms with Crippen molar-refractivity contribution >= 4 is 33.5 Å². The summed E-state index contributed by atoms with van der Waals surface area (Å²) in [6.07, 6.45) is 0. The first-order chi connectivity index (χ1) is 13.2. The van der Waals surface area contributed by atoms with E-state index in [-0.39, 0.29) is 17.8 Å². The van der Waals surface area contributed by atoms with Crippen LogP contribution < -0.4 is 14.8 Å². The van der Waals surface area contributed by atoms with E-state index < -0.39 is 0 Å². The number of fused-ring (bicyclic) bond motifs is 1. The fourth-order valence-electron chi connectivity index (χ4n) is 2.53. The van der Waals surface area contributed by atoms with Crippen molar-refractivity contribution in [3.8, 4) is 23.0 Å². The third-order valence-electron chi connectivity index (χ3n) is 3.88. The van der Waals surface area contributed by atoms with Gasteiger partial charge in [-0.2, -0.15) is 0 Å². The zero-order valence-corrected chi connectivity index (χ0v) is 15.2. The Morgan fingerprint density at radius 1 is 1.11 bits per heavy atom. The number of ether oxygens (including phenoxy) is 2. The Hall–Kier alpha value is -3.46. The molecule has 136 valence electrons. The molecule has 0 fully saturated rings. The highest BCUT2D eigenvalue weighted by Gasteiger charge is 2.17. The molecular formula is C18H14N4O4S. The third kappa shape index (κ3) is 3.32. The van der Waals surface area contributed by atoms with Crippen LogP contribution in [0.15, 0.2) is 46.3 Å². The van der Waals surface area contributed by atoms with Gasteiger partial charge < -0.3 is 13.9 Å². The molecule has 1 N–H and O–H groups in total. The minimum atomic E-state index is -0.349. The molecule has 4 aromatic rings. The normalized spacial score (nSPS) is 10.7. The molecule has 4 rings (SSSR count). The van der Waals surface area contributed by atoms with Gasteiger partial charge >= 0.3 is 6.01 Å². The third-order valence-corrected chi connectivity index (χ3v) is 4.67. The van der Waals surface area contributed by atoms with Crippen molar-refractivity contribution in [1.82, 2.24) is 15.2 Å². The van der Waals surface area contributed by atoms with E-state index in [1.807, 2.05) is 0 Å². The lowest BCUT2D eigenvalue weighted by Crippen LogP contribution is -2.11. The first kappa shape index (κ1) is 17.0. The quantitative estimate of drug-likeness (QED) is 0.563. The number of methoxy groups -OCH3 is 2. The maximum absolute atomic E-state index is 12.4. The van der Waals surface area contributed by atoms with E-state index in [4.69, 9.17) is 13.9 Å². The van der Waals surface area contributed by atoms with Crippen LogP contribution in [0.3, 0.4) is 0 Å². The molecule has 0 spiro atoms. The second-order valence-electron chi connectivity index (χ2n) is 5.47. The summed E-state index contributed by atoms with van der Waals surface area (Å²) in [5, 5.41) is 10.5. The van der Waals surface area contributed by atoms with Crippen LogP contribution in [0.2, 0.25) is 0 Å². The van der Waals surface area contributed by atoms with Gasteiger partial charge in [-0.25, -0.2) is 4.98 Å². The molecule has 0 aliphatic rings. The number of hydrogen-bond acceptors (Lipinski definition) is 8. The topological polar surface area (TPSA) is 99.4 Å². The second kappa shape index (κ2) is 7.04. The number of carbonyl (C=O) groups is 1. The van der Waals surface area contributed by atoms with E-state index in [0.29, 0.717) is 22.6 Å². The fraction of sp³-hybridized carbons (Fsp3) is 0.111. The number of benzene rings is 2. The Morgan fingerprint density at radius 3 is 2.81 bits per heavy atom. The van der Waals surface area contributed by atoms with Crippen LogP contribution >= 0.6 is 11.3 Å². The number of aromatic nitrogens is 3. The summed E-state index contributed by atoms with van der Waals surface area (Å²) in [7, 11) is 3.10. The molecule has 0 aliphatic heterocycles. The Labute approximate surface area is 157 Å². The lowest BCUT2D eigenvalue weighted by atomic mass is 10.2. The lowest BCUT2D eigenvalue weighted by Gasteiger charge is -2.07. The number of hydrogen-bond donors (Lipinski definition) is 1. The summed E-state index contributed by atoms with van der Waals surface area (Å²) in [5.74, 6) is 1.03. The molecule has 0 atom stereocenters. The highest BCUT2D eigenvalue weighted by Crippen LogP contribution is 2.33. The first-order valence-electron chi connectivity index (χ1n) is 7.88. The Kier molecular flexibility index (Phi) is 4.43. The predicted octanol–water partition coefficient (Wildman–Crippen LogP) is 3.62. The van der Waals surface area contributed by atoms with E-state index in [0.717, 1.165) is 10.2 Å². The summed E-state index contributed by atoms with van der Waals surface area (Å²) in [6.45, 7) is 0. The molecule has 0 saturated heterocycles. The summed E-state index contributed by atoms with van der Waals surface area (Å²) in [4.78, 5) is 16.6. The van der Waals surface area contributed by atoms with E-state index in [1.165, 1.54) is 11.3 Å². The van der Waals surface area contributed by atoms with Gasteiger partial charge in [0.2, 0.25) is 0 Å². The van der Waals surface area contributed by atoms with Crippen molar-refractivity contribution in [1.29, 1.82) is 0 Å². The Bertz CT molecular complexity index is 1120. The molecular weight excluding hydrogens is 368 g/mol. The minimum Gasteiger partial charge on any atom is -0.497 e. The van der Waals surface area contributed by atoms with Crippen molar-refractivity contribution in [2.45, 2.75) is 0 Å². The molecule has 9 heteroatoms. The highest BCUT2D eigenvalue weighted by atomic mass is 32.1. The minimum absolute atomic E-state index is 0.00993. The lowest BCUT2D eigenvalue weighted by molar-refractivity contribution is 0.102. The predicted molar refractivity (Wildman–Crippen MR) is 100 cm³/mol. The van der Waals surface area contributed by atoms with E-state index in [9.17, 15) is 4.79 Å². The first-order valence-corrected chi connectivity index (χ1v) is 8.76. The molecule has 0 saturated carbocycles. The Balaban J connectivity index is 1.58. The molecule has 0 unspecified atom stereocenters. The fourth-order valence-corrected chi connectivity index (χ4v) is 3.25. The van der Waals surface area contributed by atoms with Gasteiger partial charge in [0.1, 0.15) is 11.5 Å². The number of thiazole rings is 1. The van der Waals surface area contributed by atoms with E-state index in [1.54, 1.807) is 56.1 Å². The van der Waals surface area contributed by atoms with Gasteiger partial charge in [0.15, 0.2) is 0 Å². The average molecular weight is 382 g/mol. The summed E-state index contributed by atoms with van der Waals surface area (Å²) < 4.78 is 17.0. The van der Waals surface area contributed by atoms with Crippen molar-refractivity contribution in [2.75, 3.05) is 19.5 Å². The molecule has 27 heavy (non-hydrogen) atoms. The van der Waals surface area contributed by atoms with Crippen molar-refractivity contribution in [3.63, 3.8) is 0 Å². The molecule has 8 nitrogen and oxygen atoms in total. The standard InChI is InChI=1S/C18H14N4O4S/c1-24-11-4-6-14(25-2)12(8-11)17-21-22-18(26-17)20-16(23)10-3-5-13-15(7-10)27-9-19-13/h3-9H,1-2H3,(H,20,22,23). The number of anilines is 1. The summed E-state index contributed by atoms with van der Waals surface area (Å²) in [6, 6.07) is 10.5. The van der Waals surface area contributed by atoms with Crippen LogP contribution in [-0.4, -0.2) is 35.3 Å². The molecule has 2 heterocycles. The molecule has 2 aromatic heterocycles. The summed E-state index contributed by atoms with van der Waals surface area (Å²) in [5.41, 5.74) is 3.63. The zero-order valence-electron chi connectivity index (χ0n) is 14.4. The maximum Gasteiger partial charge on any atom is 0.322 e. The molecule has 0 radical (unpaired) electrons. The number of rotatable bonds is 5. The number of amides is 1. The van der Waals surface area contributed by atoms with Gasteiger partial charge in [0, 0.05) is 5.56 Å². The van der Waals surface area contributed by atoms with Gasteiger partial charge in [0.25, 0.3) is 11.8 Å². The SMILES string of the molecule is COc1ccc(OC)c(-c2nnc(NC(=O)c3ccc4ncsc4c3)o2)c1. The molecule has 0 aliphatic carbocycles. The van der Waals surface area contributed by atoms with Gasteiger partial charge in [-0.05, 0) is 36.4 Å². The van der Waals surface area contributed by atoms with E-state index >= 15 is 0 Å².